The van der Waals surface area contributed by atoms with Gasteiger partial charge in [-0.05, 0) is 25.2 Å². The number of hydrogen-bond acceptors (Lipinski definition) is 6. The predicted molar refractivity (Wildman–Crippen MR) is 112 cm³/mol. The smallest absolute Gasteiger partial charge is 0.270 e. The lowest BCUT2D eigenvalue weighted by molar-refractivity contribution is -0.384. The average Bonchev–Trinajstić information content (AvgIpc) is 2.71. The lowest BCUT2D eigenvalue weighted by Crippen LogP contribution is -2.45. The summed E-state index contributed by atoms with van der Waals surface area (Å²) in [7, 11) is 2.11. The van der Waals surface area contributed by atoms with Crippen LogP contribution >= 0.6 is 11.6 Å². The number of hydrogen-bond donors (Lipinski definition) is 1. The van der Waals surface area contributed by atoms with Crippen LogP contribution in [0.15, 0.2) is 42.5 Å². The molecule has 0 radical (unpaired) electrons. The Labute approximate surface area is 174 Å². The number of halogens is 1. The fraction of sp³-hybridized carbons (Fsp3) is 0.350. The van der Waals surface area contributed by atoms with E-state index >= 15 is 0 Å². The maximum atomic E-state index is 12.6. The molecule has 8 nitrogen and oxygen atoms in total. The van der Waals surface area contributed by atoms with E-state index in [0.29, 0.717) is 18.0 Å². The van der Waals surface area contributed by atoms with Crippen molar-refractivity contribution in [3.63, 3.8) is 0 Å². The standard InChI is InChI=1S/C20H23ClN4O4/c1-23-8-10-24(11-9-23)12-13-29-19-5-3-2-4-18(19)22-20(26)16-14-15(25(27)28)6-7-17(16)21/h2-7,14H,8-13H2,1H3,(H,22,26). The van der Waals surface area contributed by atoms with Gasteiger partial charge in [0.25, 0.3) is 11.6 Å². The Kier molecular flexibility index (Phi) is 7.03. The van der Waals surface area contributed by atoms with Crippen LogP contribution in [0.1, 0.15) is 10.4 Å². The molecule has 0 unspecified atom stereocenters. The van der Waals surface area contributed by atoms with Gasteiger partial charge in [-0.15, -0.1) is 0 Å². The van der Waals surface area contributed by atoms with Crippen molar-refractivity contribution in [2.24, 2.45) is 0 Å². The quantitative estimate of drug-likeness (QED) is 0.549. The number of nitro groups is 1. The number of nitro benzene ring substituents is 1. The van der Waals surface area contributed by atoms with Gasteiger partial charge in [0.15, 0.2) is 0 Å². The first-order valence-electron chi connectivity index (χ1n) is 9.32. The van der Waals surface area contributed by atoms with E-state index in [0.717, 1.165) is 38.8 Å². The first-order valence-corrected chi connectivity index (χ1v) is 9.70. The SMILES string of the molecule is CN1CCN(CCOc2ccccc2NC(=O)c2cc([N+](=O)[O-])ccc2Cl)CC1. The Morgan fingerprint density at radius 3 is 2.66 bits per heavy atom. The Bertz CT molecular complexity index is 885. The van der Waals surface area contributed by atoms with Crippen LogP contribution in [-0.2, 0) is 0 Å². The van der Waals surface area contributed by atoms with Gasteiger partial charge >= 0.3 is 0 Å². The van der Waals surface area contributed by atoms with Crippen LogP contribution in [0.3, 0.4) is 0 Å². The van der Waals surface area contributed by atoms with Gasteiger partial charge in [0.05, 0.1) is 21.2 Å². The number of carbonyl (C=O) groups excluding carboxylic acids is 1. The van der Waals surface area contributed by atoms with Gasteiger partial charge in [0, 0.05) is 44.9 Å². The number of anilines is 1. The summed E-state index contributed by atoms with van der Waals surface area (Å²) in [5.41, 5.74) is 0.322. The lowest BCUT2D eigenvalue weighted by atomic mass is 10.1. The molecule has 0 atom stereocenters. The van der Waals surface area contributed by atoms with E-state index in [1.165, 1.54) is 12.1 Å². The molecule has 9 heteroatoms. The number of rotatable bonds is 7. The molecule has 0 aromatic heterocycles. The Hall–Kier alpha value is -2.68. The second-order valence-corrected chi connectivity index (χ2v) is 7.27. The molecule has 1 saturated heterocycles. The monoisotopic (exact) mass is 418 g/mol. The van der Waals surface area contributed by atoms with E-state index in [1.807, 2.05) is 6.07 Å². The molecule has 1 N–H and O–H groups in total. The summed E-state index contributed by atoms with van der Waals surface area (Å²) in [5, 5.41) is 13.8. The van der Waals surface area contributed by atoms with Gasteiger partial charge in [0.1, 0.15) is 12.4 Å². The van der Waals surface area contributed by atoms with Crippen molar-refractivity contribution >= 4 is 28.9 Å². The second kappa shape index (κ2) is 9.69. The molecule has 0 spiro atoms. The molecule has 1 fully saturated rings. The number of non-ortho nitro benzene ring substituents is 1. The summed E-state index contributed by atoms with van der Waals surface area (Å²) in [6, 6.07) is 10.8. The summed E-state index contributed by atoms with van der Waals surface area (Å²) in [5.74, 6) is 0.00495. The number of amides is 1. The van der Waals surface area contributed by atoms with Gasteiger partial charge in [0.2, 0.25) is 0 Å². The van der Waals surface area contributed by atoms with Crippen LogP contribution in [0, 0.1) is 10.1 Å². The van der Waals surface area contributed by atoms with Crippen LogP contribution in [0.25, 0.3) is 0 Å². The van der Waals surface area contributed by atoms with Crippen LogP contribution in [-0.4, -0.2) is 67.0 Å². The molecule has 3 rings (SSSR count). The first kappa shape index (κ1) is 21.0. The summed E-state index contributed by atoms with van der Waals surface area (Å²) >= 11 is 6.06. The van der Waals surface area contributed by atoms with E-state index < -0.39 is 10.8 Å². The van der Waals surface area contributed by atoms with Crippen molar-refractivity contribution in [1.29, 1.82) is 0 Å². The predicted octanol–water partition coefficient (Wildman–Crippen LogP) is 3.13. The molecule has 1 heterocycles. The fourth-order valence-corrected chi connectivity index (χ4v) is 3.25. The van der Waals surface area contributed by atoms with E-state index in [2.05, 4.69) is 22.2 Å². The van der Waals surface area contributed by atoms with Gasteiger partial charge < -0.3 is 15.0 Å². The Morgan fingerprint density at radius 2 is 1.93 bits per heavy atom. The molecule has 1 aliphatic rings. The topological polar surface area (TPSA) is 88.0 Å². The highest BCUT2D eigenvalue weighted by Crippen LogP contribution is 2.27. The molecule has 0 aliphatic carbocycles. The van der Waals surface area contributed by atoms with Crippen molar-refractivity contribution in [2.75, 3.05) is 51.7 Å². The molecule has 1 amide bonds. The molecule has 0 bridgehead atoms. The van der Waals surface area contributed by atoms with E-state index in [-0.39, 0.29) is 16.3 Å². The number of para-hydroxylation sites is 2. The summed E-state index contributed by atoms with van der Waals surface area (Å²) in [6.07, 6.45) is 0. The maximum Gasteiger partial charge on any atom is 0.270 e. The highest BCUT2D eigenvalue weighted by Gasteiger charge is 2.18. The largest absolute Gasteiger partial charge is 0.490 e. The second-order valence-electron chi connectivity index (χ2n) is 6.86. The van der Waals surface area contributed by atoms with Crippen LogP contribution in [0.2, 0.25) is 5.02 Å². The Balaban J connectivity index is 1.64. The molecule has 2 aromatic rings. The average molecular weight is 419 g/mol. The number of ether oxygens (including phenoxy) is 1. The van der Waals surface area contributed by atoms with Crippen molar-refractivity contribution in [3.05, 3.63) is 63.2 Å². The third kappa shape index (κ3) is 5.66. The molecule has 0 saturated carbocycles. The van der Waals surface area contributed by atoms with Crippen molar-refractivity contribution in [3.8, 4) is 5.75 Å². The van der Waals surface area contributed by atoms with Crippen molar-refractivity contribution in [1.82, 2.24) is 9.80 Å². The highest BCUT2D eigenvalue weighted by atomic mass is 35.5. The van der Waals surface area contributed by atoms with Gasteiger partial charge in [-0.2, -0.15) is 0 Å². The van der Waals surface area contributed by atoms with E-state index in [1.54, 1.807) is 18.2 Å². The van der Waals surface area contributed by atoms with Crippen LogP contribution in [0.5, 0.6) is 5.75 Å². The molecule has 1 aliphatic heterocycles. The van der Waals surface area contributed by atoms with Gasteiger partial charge in [-0.25, -0.2) is 0 Å². The van der Waals surface area contributed by atoms with Gasteiger partial charge in [-0.3, -0.25) is 19.8 Å². The molecular formula is C20H23ClN4O4. The minimum Gasteiger partial charge on any atom is -0.490 e. The number of likely N-dealkylation sites (N-methyl/N-ethyl adjacent to an activating group) is 1. The highest BCUT2D eigenvalue weighted by molar-refractivity contribution is 6.34. The number of carbonyl (C=O) groups is 1. The lowest BCUT2D eigenvalue weighted by Gasteiger charge is -2.32. The number of nitrogens with one attached hydrogen (secondary N) is 1. The van der Waals surface area contributed by atoms with Crippen molar-refractivity contribution in [2.45, 2.75) is 0 Å². The zero-order valence-corrected chi connectivity index (χ0v) is 16.9. The minimum atomic E-state index is -0.567. The van der Waals surface area contributed by atoms with E-state index in [9.17, 15) is 14.9 Å². The fourth-order valence-electron chi connectivity index (χ4n) is 3.04. The zero-order valence-electron chi connectivity index (χ0n) is 16.1. The molecular weight excluding hydrogens is 396 g/mol. The van der Waals surface area contributed by atoms with E-state index in [4.69, 9.17) is 16.3 Å². The van der Waals surface area contributed by atoms with Crippen LogP contribution in [0.4, 0.5) is 11.4 Å². The summed E-state index contributed by atoms with van der Waals surface area (Å²) < 4.78 is 5.88. The van der Waals surface area contributed by atoms with Gasteiger partial charge in [-0.1, -0.05) is 23.7 Å². The third-order valence-electron chi connectivity index (χ3n) is 4.80. The first-order chi connectivity index (χ1) is 13.9. The number of benzene rings is 2. The maximum absolute atomic E-state index is 12.6. The molecule has 154 valence electrons. The normalized spacial score (nSPS) is 15.1. The summed E-state index contributed by atoms with van der Waals surface area (Å²) in [4.78, 5) is 27.7. The van der Waals surface area contributed by atoms with Crippen LogP contribution < -0.4 is 10.1 Å². The third-order valence-corrected chi connectivity index (χ3v) is 5.13. The number of nitrogens with zero attached hydrogens (tertiary/aromatic N) is 3. The molecule has 29 heavy (non-hydrogen) atoms. The Morgan fingerprint density at radius 1 is 1.21 bits per heavy atom. The molecule has 2 aromatic carbocycles. The van der Waals surface area contributed by atoms with Crippen molar-refractivity contribution < 1.29 is 14.5 Å². The zero-order chi connectivity index (χ0) is 20.8. The summed E-state index contributed by atoms with van der Waals surface area (Å²) in [6.45, 7) is 5.38. The number of piperazine rings is 1. The minimum absolute atomic E-state index is 0.0353.